The number of aromatic amines is 1. The zero-order valence-corrected chi connectivity index (χ0v) is 14.4. The number of H-pyrrole nitrogens is 1. The SMILES string of the molecule is O=C(CCc1nc2ccccc2c(=O)[nH]1)N[C@@H](c1ccccc1)C1CC1. The maximum absolute atomic E-state index is 12.4. The number of amides is 1. The summed E-state index contributed by atoms with van der Waals surface area (Å²) in [5.74, 6) is 1.06. The normalized spacial score (nSPS) is 14.9. The predicted octanol–water partition coefficient (Wildman–Crippen LogP) is 3.12. The van der Waals surface area contributed by atoms with Gasteiger partial charge in [0.25, 0.3) is 5.56 Å². The molecule has 2 aromatic carbocycles. The number of nitrogens with zero attached hydrogens (tertiary/aromatic N) is 1. The van der Waals surface area contributed by atoms with Gasteiger partial charge in [-0.3, -0.25) is 9.59 Å². The number of aromatic nitrogens is 2. The molecule has 4 rings (SSSR count). The van der Waals surface area contributed by atoms with Crippen molar-refractivity contribution in [3.05, 3.63) is 76.3 Å². The van der Waals surface area contributed by atoms with Crippen LogP contribution in [0.5, 0.6) is 0 Å². The highest BCUT2D eigenvalue weighted by atomic mass is 16.1. The Kier molecular flexibility index (Phi) is 4.52. The average Bonchev–Trinajstić information content (AvgIpc) is 3.50. The van der Waals surface area contributed by atoms with Gasteiger partial charge in [0.15, 0.2) is 0 Å². The first-order valence-electron chi connectivity index (χ1n) is 9.03. The number of carbonyl (C=O) groups is 1. The summed E-state index contributed by atoms with van der Waals surface area (Å²) in [6.45, 7) is 0. The van der Waals surface area contributed by atoms with Crippen LogP contribution in [-0.2, 0) is 11.2 Å². The summed E-state index contributed by atoms with van der Waals surface area (Å²) >= 11 is 0. The monoisotopic (exact) mass is 347 g/mol. The summed E-state index contributed by atoms with van der Waals surface area (Å²) in [4.78, 5) is 31.8. The summed E-state index contributed by atoms with van der Waals surface area (Å²) in [6.07, 6.45) is 3.02. The Morgan fingerprint density at radius 1 is 1.12 bits per heavy atom. The van der Waals surface area contributed by atoms with E-state index in [0.717, 1.165) is 18.4 Å². The van der Waals surface area contributed by atoms with Crippen molar-refractivity contribution in [2.24, 2.45) is 5.92 Å². The fraction of sp³-hybridized carbons (Fsp3) is 0.286. The van der Waals surface area contributed by atoms with E-state index < -0.39 is 0 Å². The quantitative estimate of drug-likeness (QED) is 0.719. The van der Waals surface area contributed by atoms with Crippen LogP contribution in [0.2, 0.25) is 0 Å². The Morgan fingerprint density at radius 3 is 2.62 bits per heavy atom. The number of aryl methyl sites for hydroxylation is 1. The second-order valence-electron chi connectivity index (χ2n) is 6.82. The Bertz CT molecular complexity index is 977. The maximum atomic E-state index is 12.4. The molecule has 1 aliphatic rings. The first kappa shape index (κ1) is 16.5. The van der Waals surface area contributed by atoms with E-state index in [1.165, 1.54) is 0 Å². The Labute approximate surface area is 151 Å². The lowest BCUT2D eigenvalue weighted by molar-refractivity contribution is -0.122. The van der Waals surface area contributed by atoms with Crippen LogP contribution in [0.25, 0.3) is 10.9 Å². The highest BCUT2D eigenvalue weighted by Crippen LogP contribution is 2.40. The molecule has 132 valence electrons. The lowest BCUT2D eigenvalue weighted by atomic mass is 10.0. The predicted molar refractivity (Wildman–Crippen MR) is 101 cm³/mol. The van der Waals surface area contributed by atoms with E-state index in [1.54, 1.807) is 6.07 Å². The van der Waals surface area contributed by atoms with E-state index in [1.807, 2.05) is 36.4 Å². The van der Waals surface area contributed by atoms with Crippen LogP contribution >= 0.6 is 0 Å². The highest BCUT2D eigenvalue weighted by molar-refractivity contribution is 5.78. The summed E-state index contributed by atoms with van der Waals surface area (Å²) < 4.78 is 0. The van der Waals surface area contributed by atoms with Gasteiger partial charge < -0.3 is 10.3 Å². The zero-order valence-electron chi connectivity index (χ0n) is 14.4. The summed E-state index contributed by atoms with van der Waals surface area (Å²) in [5.41, 5.74) is 1.65. The average molecular weight is 347 g/mol. The number of rotatable bonds is 6. The van der Waals surface area contributed by atoms with E-state index in [-0.39, 0.29) is 17.5 Å². The van der Waals surface area contributed by atoms with E-state index in [0.29, 0.717) is 35.5 Å². The van der Waals surface area contributed by atoms with Crippen molar-refractivity contribution in [3.63, 3.8) is 0 Å². The molecular weight excluding hydrogens is 326 g/mol. The van der Waals surface area contributed by atoms with E-state index in [2.05, 4.69) is 27.4 Å². The molecule has 0 aliphatic heterocycles. The first-order valence-corrected chi connectivity index (χ1v) is 9.03. The van der Waals surface area contributed by atoms with Gasteiger partial charge in [-0.05, 0) is 36.5 Å². The third kappa shape index (κ3) is 3.67. The molecule has 1 aliphatic carbocycles. The lowest BCUT2D eigenvalue weighted by Crippen LogP contribution is -2.30. The van der Waals surface area contributed by atoms with Crippen LogP contribution < -0.4 is 10.9 Å². The Morgan fingerprint density at radius 2 is 1.85 bits per heavy atom. The zero-order chi connectivity index (χ0) is 17.9. The largest absolute Gasteiger partial charge is 0.349 e. The Balaban J connectivity index is 1.43. The van der Waals surface area contributed by atoms with Crippen molar-refractivity contribution in [3.8, 4) is 0 Å². The van der Waals surface area contributed by atoms with Crippen LogP contribution in [-0.4, -0.2) is 15.9 Å². The molecule has 1 fully saturated rings. The van der Waals surface area contributed by atoms with Crippen molar-refractivity contribution in [2.75, 3.05) is 0 Å². The van der Waals surface area contributed by atoms with Gasteiger partial charge >= 0.3 is 0 Å². The molecular formula is C21H21N3O2. The number of carbonyl (C=O) groups excluding carboxylic acids is 1. The molecule has 2 N–H and O–H groups in total. The van der Waals surface area contributed by atoms with Crippen molar-refractivity contribution < 1.29 is 4.79 Å². The molecule has 1 atom stereocenters. The molecule has 0 spiro atoms. The van der Waals surface area contributed by atoms with E-state index >= 15 is 0 Å². The molecule has 1 saturated carbocycles. The molecule has 26 heavy (non-hydrogen) atoms. The van der Waals surface area contributed by atoms with Crippen LogP contribution in [0.15, 0.2) is 59.4 Å². The number of hydrogen-bond donors (Lipinski definition) is 2. The molecule has 1 amide bonds. The molecule has 0 radical (unpaired) electrons. The second kappa shape index (κ2) is 7.12. The lowest BCUT2D eigenvalue weighted by Gasteiger charge is -2.18. The van der Waals surface area contributed by atoms with Gasteiger partial charge in [-0.15, -0.1) is 0 Å². The molecule has 5 nitrogen and oxygen atoms in total. The third-order valence-corrected chi connectivity index (χ3v) is 4.82. The molecule has 5 heteroatoms. The fourth-order valence-electron chi connectivity index (χ4n) is 3.29. The van der Waals surface area contributed by atoms with Crippen LogP contribution in [0.4, 0.5) is 0 Å². The van der Waals surface area contributed by atoms with Gasteiger partial charge in [-0.25, -0.2) is 4.98 Å². The van der Waals surface area contributed by atoms with Crippen molar-refractivity contribution in [1.82, 2.24) is 15.3 Å². The molecule has 3 aromatic rings. The minimum Gasteiger partial charge on any atom is -0.349 e. The number of nitrogens with one attached hydrogen (secondary N) is 2. The molecule has 1 aromatic heterocycles. The third-order valence-electron chi connectivity index (χ3n) is 4.82. The van der Waals surface area contributed by atoms with Crippen LogP contribution in [0, 0.1) is 5.92 Å². The van der Waals surface area contributed by atoms with Gasteiger partial charge in [0.1, 0.15) is 5.82 Å². The van der Waals surface area contributed by atoms with Gasteiger partial charge in [0.05, 0.1) is 16.9 Å². The number of para-hydroxylation sites is 1. The van der Waals surface area contributed by atoms with Gasteiger partial charge in [0.2, 0.25) is 5.91 Å². The van der Waals surface area contributed by atoms with Crippen LogP contribution in [0.1, 0.15) is 36.7 Å². The summed E-state index contributed by atoms with van der Waals surface area (Å²) in [6, 6.07) is 17.4. The fourth-order valence-corrected chi connectivity index (χ4v) is 3.29. The standard InChI is InChI=1S/C21H21N3O2/c25-19(24-20(15-10-11-15)14-6-2-1-3-7-14)13-12-18-22-17-9-5-4-8-16(17)21(26)23-18/h1-9,15,20H,10-13H2,(H,24,25)(H,22,23,26)/t20-/m0/s1. The highest BCUT2D eigenvalue weighted by Gasteiger charge is 2.33. The van der Waals surface area contributed by atoms with Crippen molar-refractivity contribution in [2.45, 2.75) is 31.7 Å². The van der Waals surface area contributed by atoms with Gasteiger partial charge in [-0.2, -0.15) is 0 Å². The van der Waals surface area contributed by atoms with Gasteiger partial charge in [-0.1, -0.05) is 42.5 Å². The molecule has 0 unspecified atom stereocenters. The summed E-state index contributed by atoms with van der Waals surface area (Å²) in [7, 11) is 0. The van der Waals surface area contributed by atoms with E-state index in [9.17, 15) is 9.59 Å². The van der Waals surface area contributed by atoms with Crippen molar-refractivity contribution in [1.29, 1.82) is 0 Å². The van der Waals surface area contributed by atoms with Gasteiger partial charge in [0, 0.05) is 12.8 Å². The smallest absolute Gasteiger partial charge is 0.258 e. The minimum absolute atomic E-state index is 0.0124. The second-order valence-corrected chi connectivity index (χ2v) is 6.82. The number of benzene rings is 2. The molecule has 0 saturated heterocycles. The van der Waals surface area contributed by atoms with Crippen LogP contribution in [0.3, 0.4) is 0 Å². The number of hydrogen-bond acceptors (Lipinski definition) is 3. The van der Waals surface area contributed by atoms with E-state index in [4.69, 9.17) is 0 Å². The first-order chi connectivity index (χ1) is 12.7. The minimum atomic E-state index is -0.161. The molecule has 1 heterocycles. The summed E-state index contributed by atoms with van der Waals surface area (Å²) in [5, 5.41) is 3.73. The number of fused-ring (bicyclic) bond motifs is 1. The maximum Gasteiger partial charge on any atom is 0.258 e. The van der Waals surface area contributed by atoms with Crippen molar-refractivity contribution >= 4 is 16.8 Å². The Hall–Kier alpha value is -2.95. The molecule has 0 bridgehead atoms. The topological polar surface area (TPSA) is 74.8 Å².